The van der Waals surface area contributed by atoms with E-state index in [0.29, 0.717) is 12.1 Å². The lowest BCUT2D eigenvalue weighted by atomic mass is 10.0. The summed E-state index contributed by atoms with van der Waals surface area (Å²) in [5.74, 6) is 0.0786. The number of amides is 1. The molecule has 6 nitrogen and oxygen atoms in total. The second-order valence-corrected chi connectivity index (χ2v) is 8.79. The molecule has 154 valence electrons. The Hall–Kier alpha value is -1.37. The molecule has 3 N–H and O–H groups in total. The number of nitrogens with one attached hydrogen (secondary N) is 1. The molecule has 2 aromatic heterocycles. The van der Waals surface area contributed by atoms with Gasteiger partial charge in [-0.15, -0.1) is 24.8 Å². The molecule has 0 saturated heterocycles. The van der Waals surface area contributed by atoms with Gasteiger partial charge in [-0.3, -0.25) is 4.79 Å². The summed E-state index contributed by atoms with van der Waals surface area (Å²) in [4.78, 5) is 17.7. The minimum absolute atomic E-state index is 0. The van der Waals surface area contributed by atoms with Crippen molar-refractivity contribution in [2.75, 3.05) is 6.54 Å². The van der Waals surface area contributed by atoms with Crippen molar-refractivity contribution >= 4 is 41.8 Å². The standard InChI is InChI=1S/C19H31N5O.2ClH/c1-11(2)14-9-13(17(25)21-10-19(7,8)20)15-12(3)23-24(16(15)22-14)18(4,5)6;;/h9,11H,10,20H2,1-8H3,(H,21,25);2*1H. The first-order chi connectivity index (χ1) is 11.3. The molecule has 0 atom stereocenters. The SMILES string of the molecule is Cc1nn(C(C)(C)C)c2nc(C(C)C)cc(C(=O)NCC(C)(C)N)c12.Cl.Cl. The quantitative estimate of drug-likeness (QED) is 0.788. The molecule has 0 bridgehead atoms. The van der Waals surface area contributed by atoms with Gasteiger partial charge in [0, 0.05) is 17.8 Å². The summed E-state index contributed by atoms with van der Waals surface area (Å²) >= 11 is 0. The Kier molecular flexibility index (Phi) is 8.31. The molecule has 0 saturated carbocycles. The molecule has 0 aliphatic carbocycles. The van der Waals surface area contributed by atoms with Gasteiger partial charge >= 0.3 is 0 Å². The molecule has 2 rings (SSSR count). The highest BCUT2D eigenvalue weighted by Gasteiger charge is 2.25. The van der Waals surface area contributed by atoms with Crippen molar-refractivity contribution in [1.82, 2.24) is 20.1 Å². The van der Waals surface area contributed by atoms with Crippen molar-refractivity contribution in [3.8, 4) is 0 Å². The van der Waals surface area contributed by atoms with Gasteiger partial charge in [0.1, 0.15) is 0 Å². The van der Waals surface area contributed by atoms with Gasteiger partial charge in [-0.25, -0.2) is 9.67 Å². The third-order valence-electron chi connectivity index (χ3n) is 4.01. The van der Waals surface area contributed by atoms with E-state index in [0.717, 1.165) is 22.4 Å². The van der Waals surface area contributed by atoms with Gasteiger partial charge in [0.15, 0.2) is 5.65 Å². The van der Waals surface area contributed by atoms with E-state index in [9.17, 15) is 4.79 Å². The summed E-state index contributed by atoms with van der Waals surface area (Å²) in [5, 5.41) is 8.42. The fraction of sp³-hybridized carbons (Fsp3) is 0.632. The first-order valence-electron chi connectivity index (χ1n) is 8.79. The van der Waals surface area contributed by atoms with Crippen LogP contribution in [0, 0.1) is 6.92 Å². The Morgan fingerprint density at radius 3 is 2.22 bits per heavy atom. The number of fused-ring (bicyclic) bond motifs is 1. The fourth-order valence-corrected chi connectivity index (χ4v) is 2.65. The van der Waals surface area contributed by atoms with Crippen molar-refractivity contribution < 1.29 is 4.79 Å². The zero-order chi connectivity index (χ0) is 19.2. The molecule has 0 aliphatic heterocycles. The van der Waals surface area contributed by atoms with Crippen LogP contribution in [0.5, 0.6) is 0 Å². The second kappa shape index (κ2) is 8.76. The molecule has 0 aromatic carbocycles. The number of halogens is 2. The number of aryl methyl sites for hydroxylation is 1. The molecule has 0 radical (unpaired) electrons. The zero-order valence-corrected chi connectivity index (χ0v) is 19.1. The number of rotatable bonds is 4. The summed E-state index contributed by atoms with van der Waals surface area (Å²) in [6, 6.07) is 1.88. The first-order valence-corrected chi connectivity index (χ1v) is 8.79. The number of hydrogen-bond donors (Lipinski definition) is 2. The number of carbonyl (C=O) groups excluding carboxylic acids is 1. The zero-order valence-electron chi connectivity index (χ0n) is 17.5. The lowest BCUT2D eigenvalue weighted by Gasteiger charge is -2.21. The molecule has 2 heterocycles. The van der Waals surface area contributed by atoms with E-state index in [4.69, 9.17) is 10.7 Å². The Balaban J connectivity index is 0.00000338. The van der Waals surface area contributed by atoms with E-state index in [2.05, 4.69) is 45.0 Å². The molecule has 0 unspecified atom stereocenters. The van der Waals surface area contributed by atoms with Crippen LogP contribution in [0.4, 0.5) is 0 Å². The Bertz CT molecular complexity index is 801. The number of pyridine rings is 1. The minimum atomic E-state index is -0.465. The molecule has 1 amide bonds. The number of nitrogens with two attached hydrogens (primary N) is 1. The van der Waals surface area contributed by atoms with Crippen molar-refractivity contribution in [1.29, 1.82) is 0 Å². The maximum atomic E-state index is 12.9. The molecule has 8 heteroatoms. The number of nitrogens with zero attached hydrogens (tertiary/aromatic N) is 3. The average molecular weight is 418 g/mol. The predicted octanol–water partition coefficient (Wildman–Crippen LogP) is 3.93. The van der Waals surface area contributed by atoms with E-state index in [-0.39, 0.29) is 42.2 Å². The Labute approximate surface area is 174 Å². The smallest absolute Gasteiger partial charge is 0.252 e. The summed E-state index contributed by atoms with van der Waals surface area (Å²) < 4.78 is 1.91. The molecule has 27 heavy (non-hydrogen) atoms. The van der Waals surface area contributed by atoms with E-state index >= 15 is 0 Å². The van der Waals surface area contributed by atoms with Crippen LogP contribution in [-0.2, 0) is 5.54 Å². The molecule has 0 spiro atoms. The summed E-state index contributed by atoms with van der Waals surface area (Å²) in [5.41, 5.74) is 8.38. The van der Waals surface area contributed by atoms with Crippen molar-refractivity contribution in [2.45, 2.75) is 72.4 Å². The number of carbonyl (C=O) groups is 1. The molecular formula is C19H33Cl2N5O. The van der Waals surface area contributed by atoms with Crippen molar-refractivity contribution in [3.63, 3.8) is 0 Å². The average Bonchev–Trinajstić information content (AvgIpc) is 2.80. The third-order valence-corrected chi connectivity index (χ3v) is 4.01. The van der Waals surface area contributed by atoms with Crippen LogP contribution >= 0.6 is 24.8 Å². The van der Waals surface area contributed by atoms with Crippen molar-refractivity contribution in [2.24, 2.45) is 5.73 Å². The van der Waals surface area contributed by atoms with E-state index in [1.165, 1.54) is 0 Å². The minimum Gasteiger partial charge on any atom is -0.350 e. The largest absolute Gasteiger partial charge is 0.350 e. The lowest BCUT2D eigenvalue weighted by Crippen LogP contribution is -2.45. The van der Waals surface area contributed by atoms with Gasteiger partial charge in [0.25, 0.3) is 5.91 Å². The highest BCUT2D eigenvalue weighted by Crippen LogP contribution is 2.28. The number of aromatic nitrogens is 3. The van der Waals surface area contributed by atoms with Gasteiger partial charge in [-0.2, -0.15) is 5.10 Å². The Morgan fingerprint density at radius 1 is 1.22 bits per heavy atom. The first kappa shape index (κ1) is 25.6. The molecular weight excluding hydrogens is 385 g/mol. The summed E-state index contributed by atoms with van der Waals surface area (Å²) in [6.45, 7) is 16.5. The summed E-state index contributed by atoms with van der Waals surface area (Å²) in [6.07, 6.45) is 0. The van der Waals surface area contributed by atoms with Crippen molar-refractivity contribution in [3.05, 3.63) is 23.0 Å². The Morgan fingerprint density at radius 2 is 1.78 bits per heavy atom. The van der Waals surface area contributed by atoms with E-state index in [1.807, 2.05) is 31.5 Å². The van der Waals surface area contributed by atoms with Gasteiger partial charge in [0.2, 0.25) is 0 Å². The highest BCUT2D eigenvalue weighted by atomic mass is 35.5. The lowest BCUT2D eigenvalue weighted by molar-refractivity contribution is 0.0947. The molecule has 2 aromatic rings. The molecule has 0 fully saturated rings. The van der Waals surface area contributed by atoms with Gasteiger partial charge < -0.3 is 11.1 Å². The van der Waals surface area contributed by atoms with E-state index < -0.39 is 5.54 Å². The highest BCUT2D eigenvalue weighted by molar-refractivity contribution is 6.06. The maximum absolute atomic E-state index is 12.9. The normalized spacial score (nSPS) is 11.9. The van der Waals surface area contributed by atoms with Gasteiger partial charge in [-0.05, 0) is 53.5 Å². The number of hydrogen-bond acceptors (Lipinski definition) is 4. The van der Waals surface area contributed by atoms with Crippen LogP contribution < -0.4 is 11.1 Å². The second-order valence-electron chi connectivity index (χ2n) is 8.79. The van der Waals surface area contributed by atoms with Crippen LogP contribution in [-0.4, -0.2) is 32.8 Å². The molecule has 0 aliphatic rings. The fourth-order valence-electron chi connectivity index (χ4n) is 2.65. The van der Waals surface area contributed by atoms with Crippen LogP contribution in [0.2, 0.25) is 0 Å². The van der Waals surface area contributed by atoms with Crippen LogP contribution in [0.25, 0.3) is 11.0 Å². The summed E-state index contributed by atoms with van der Waals surface area (Å²) in [7, 11) is 0. The van der Waals surface area contributed by atoms with Crippen LogP contribution in [0.1, 0.15) is 76.1 Å². The predicted molar refractivity (Wildman–Crippen MR) is 116 cm³/mol. The van der Waals surface area contributed by atoms with Crippen LogP contribution in [0.3, 0.4) is 0 Å². The van der Waals surface area contributed by atoms with Gasteiger partial charge in [-0.1, -0.05) is 13.8 Å². The van der Waals surface area contributed by atoms with Gasteiger partial charge in [0.05, 0.1) is 22.2 Å². The van der Waals surface area contributed by atoms with Crippen LogP contribution in [0.15, 0.2) is 6.07 Å². The topological polar surface area (TPSA) is 85.8 Å². The third kappa shape index (κ3) is 5.80. The maximum Gasteiger partial charge on any atom is 0.252 e. The van der Waals surface area contributed by atoms with E-state index in [1.54, 1.807) is 0 Å². The monoisotopic (exact) mass is 417 g/mol.